The molecule has 13 heavy (non-hydrogen) atoms. The van der Waals surface area contributed by atoms with E-state index in [2.05, 4.69) is 23.2 Å². The Morgan fingerprint density at radius 3 is 2.38 bits per heavy atom. The molecule has 0 aliphatic heterocycles. The Morgan fingerprint density at radius 1 is 1.15 bits per heavy atom. The minimum absolute atomic E-state index is 0.889. The second-order valence-electron chi connectivity index (χ2n) is 2.18. The summed E-state index contributed by atoms with van der Waals surface area (Å²) in [7, 11) is 0. The lowest BCUT2D eigenvalue weighted by molar-refractivity contribution is 0.275. The van der Waals surface area contributed by atoms with E-state index in [9.17, 15) is 0 Å². The van der Waals surface area contributed by atoms with Crippen molar-refractivity contribution < 1.29 is 9.21 Å². The summed E-state index contributed by atoms with van der Waals surface area (Å²) < 4.78 is 4.23. The van der Waals surface area contributed by atoms with Crippen LogP contribution in [0.3, 0.4) is 0 Å². The number of para-hydroxylation sites is 1. The van der Waals surface area contributed by atoms with Gasteiger partial charge in [-0.15, -0.1) is 0 Å². The zero-order valence-corrected chi connectivity index (χ0v) is 8.05. The molecular weight excluding hydrogens is 211 g/mol. The summed E-state index contributed by atoms with van der Waals surface area (Å²) in [6.45, 7) is 0. The summed E-state index contributed by atoms with van der Waals surface area (Å²) in [5.74, 6) is 0. The number of hydrogen-bond acceptors (Lipinski definition) is 2. The second-order valence-corrected chi connectivity index (χ2v) is 3.06. The fraction of sp³-hybridized carbons (Fsp3) is 0. The zero-order valence-electron chi connectivity index (χ0n) is 6.54. The van der Waals surface area contributed by atoms with Crippen molar-refractivity contribution in [1.82, 2.24) is 0 Å². The highest BCUT2D eigenvalue weighted by molar-refractivity contribution is 6.93. The Bertz CT molecular complexity index is 361. The van der Waals surface area contributed by atoms with Gasteiger partial charge in [-0.2, -0.15) is 0 Å². The topological polar surface area (TPSA) is 30.2 Å². The van der Waals surface area contributed by atoms with Crippen LogP contribution < -0.4 is 0 Å². The summed E-state index contributed by atoms with van der Waals surface area (Å²) in [5, 5.41) is 1.16. The van der Waals surface area contributed by atoms with Gasteiger partial charge in [0.05, 0.1) is 6.26 Å². The molecule has 0 N–H and O–H groups in total. The predicted molar refractivity (Wildman–Crippen MR) is 53.3 cm³/mol. The van der Waals surface area contributed by atoms with Crippen molar-refractivity contribution in [1.29, 1.82) is 0 Å². The van der Waals surface area contributed by atoms with Crippen LogP contribution in [0.2, 0.25) is 0 Å². The van der Waals surface area contributed by atoms with Crippen molar-refractivity contribution >= 4 is 38.9 Å². The molecule has 0 aliphatic carbocycles. The van der Waals surface area contributed by atoms with Crippen molar-refractivity contribution in [3.63, 3.8) is 0 Å². The van der Waals surface area contributed by atoms with E-state index in [4.69, 9.17) is 9.21 Å². The van der Waals surface area contributed by atoms with Gasteiger partial charge in [-0.1, -0.05) is 18.2 Å². The van der Waals surface area contributed by atoms with Crippen LogP contribution in [0, 0.1) is 0 Å². The first-order valence-corrected chi connectivity index (χ1v) is 4.23. The summed E-state index contributed by atoms with van der Waals surface area (Å²) in [6, 6.07) is 9.90. The van der Waals surface area contributed by atoms with Crippen LogP contribution in [0.5, 0.6) is 0 Å². The van der Waals surface area contributed by atoms with Gasteiger partial charge in [0.15, 0.2) is 0 Å². The molecular formula is C9H6Cl2O2. The highest BCUT2D eigenvalue weighted by Gasteiger charge is 1.89. The minimum atomic E-state index is -0.889. The average molecular weight is 217 g/mol. The first kappa shape index (κ1) is 10.1. The van der Waals surface area contributed by atoms with Gasteiger partial charge >= 0.3 is 4.70 Å². The summed E-state index contributed by atoms with van der Waals surface area (Å²) >= 11 is 8.80. The SMILES string of the molecule is O=C(Cl)Cl.c1ccc2occc2c1. The first-order chi connectivity index (χ1) is 6.20. The van der Waals surface area contributed by atoms with E-state index in [-0.39, 0.29) is 0 Å². The molecule has 0 spiro atoms. The van der Waals surface area contributed by atoms with Crippen molar-refractivity contribution in [3.8, 4) is 0 Å². The maximum absolute atomic E-state index is 8.98. The monoisotopic (exact) mass is 216 g/mol. The molecule has 1 heterocycles. The molecule has 0 amide bonds. The van der Waals surface area contributed by atoms with Crippen molar-refractivity contribution in [3.05, 3.63) is 36.6 Å². The Kier molecular flexibility index (Phi) is 3.80. The maximum atomic E-state index is 8.98. The molecule has 2 rings (SSSR count). The number of rotatable bonds is 0. The Hall–Kier alpha value is -0.990. The summed E-state index contributed by atoms with van der Waals surface area (Å²) in [5.41, 5.74) is 0.956. The fourth-order valence-electron chi connectivity index (χ4n) is 0.906. The van der Waals surface area contributed by atoms with E-state index >= 15 is 0 Å². The molecule has 2 aromatic rings. The largest absolute Gasteiger partial charge is 0.464 e. The van der Waals surface area contributed by atoms with E-state index in [1.165, 1.54) is 0 Å². The van der Waals surface area contributed by atoms with Gasteiger partial charge in [-0.3, -0.25) is 4.79 Å². The number of carbonyl (C=O) groups is 1. The van der Waals surface area contributed by atoms with Gasteiger partial charge < -0.3 is 4.42 Å². The highest BCUT2D eigenvalue weighted by Crippen LogP contribution is 2.12. The molecule has 0 saturated heterocycles. The lowest BCUT2D eigenvalue weighted by Crippen LogP contribution is -1.57. The lowest BCUT2D eigenvalue weighted by Gasteiger charge is -1.81. The van der Waals surface area contributed by atoms with E-state index < -0.39 is 4.70 Å². The molecule has 0 saturated carbocycles. The molecule has 0 atom stereocenters. The Labute approximate surface area is 85.0 Å². The zero-order chi connectivity index (χ0) is 9.68. The fourth-order valence-corrected chi connectivity index (χ4v) is 0.906. The number of furan rings is 1. The maximum Gasteiger partial charge on any atom is 0.313 e. The molecule has 68 valence electrons. The standard InChI is InChI=1S/C8H6O.CCl2O/c1-2-4-8-7(3-1)5-6-9-8;2-1(3)4/h1-6H;. The molecule has 1 aromatic heterocycles. The van der Waals surface area contributed by atoms with E-state index in [1.807, 2.05) is 30.3 Å². The number of halogens is 2. The molecule has 1 aromatic carbocycles. The van der Waals surface area contributed by atoms with Gasteiger partial charge in [-0.25, -0.2) is 0 Å². The van der Waals surface area contributed by atoms with Crippen LogP contribution in [-0.2, 0) is 0 Å². The van der Waals surface area contributed by atoms with Crippen LogP contribution in [0.1, 0.15) is 0 Å². The Morgan fingerprint density at radius 2 is 1.77 bits per heavy atom. The number of carbonyl (C=O) groups excluding carboxylic acids is 1. The van der Waals surface area contributed by atoms with Crippen LogP contribution in [-0.4, -0.2) is 4.70 Å². The minimum Gasteiger partial charge on any atom is -0.464 e. The van der Waals surface area contributed by atoms with Gasteiger partial charge in [0.2, 0.25) is 0 Å². The molecule has 4 heteroatoms. The van der Waals surface area contributed by atoms with Gasteiger partial charge in [-0.05, 0) is 35.3 Å². The quantitative estimate of drug-likeness (QED) is 0.624. The van der Waals surface area contributed by atoms with Crippen LogP contribution in [0.4, 0.5) is 4.79 Å². The first-order valence-electron chi connectivity index (χ1n) is 3.47. The molecule has 0 radical (unpaired) electrons. The summed E-state index contributed by atoms with van der Waals surface area (Å²) in [4.78, 5) is 8.98. The highest BCUT2D eigenvalue weighted by atomic mass is 35.5. The van der Waals surface area contributed by atoms with Gasteiger partial charge in [0.25, 0.3) is 0 Å². The number of hydrogen-bond donors (Lipinski definition) is 0. The van der Waals surface area contributed by atoms with Crippen LogP contribution in [0.15, 0.2) is 41.0 Å². The lowest BCUT2D eigenvalue weighted by atomic mass is 10.3. The second kappa shape index (κ2) is 4.90. The van der Waals surface area contributed by atoms with Gasteiger partial charge in [0.1, 0.15) is 5.58 Å². The van der Waals surface area contributed by atoms with Crippen LogP contribution in [0.25, 0.3) is 11.0 Å². The molecule has 0 unspecified atom stereocenters. The average Bonchev–Trinajstić information content (AvgIpc) is 2.49. The van der Waals surface area contributed by atoms with E-state index in [1.54, 1.807) is 6.26 Å². The summed E-state index contributed by atoms with van der Waals surface area (Å²) in [6.07, 6.45) is 1.70. The predicted octanol–water partition coefficient (Wildman–Crippen LogP) is 4.02. The molecule has 2 nitrogen and oxygen atoms in total. The van der Waals surface area contributed by atoms with Crippen molar-refractivity contribution in [2.75, 3.05) is 0 Å². The van der Waals surface area contributed by atoms with Crippen LogP contribution >= 0.6 is 23.2 Å². The van der Waals surface area contributed by atoms with Crippen molar-refractivity contribution in [2.45, 2.75) is 0 Å². The molecule has 0 aliphatic rings. The number of fused-ring (bicyclic) bond motifs is 1. The smallest absolute Gasteiger partial charge is 0.313 e. The normalized spacial score (nSPS) is 9.08. The molecule has 0 fully saturated rings. The number of benzene rings is 1. The Balaban J connectivity index is 0.000000184. The molecule has 0 bridgehead atoms. The van der Waals surface area contributed by atoms with Crippen molar-refractivity contribution in [2.24, 2.45) is 0 Å². The van der Waals surface area contributed by atoms with E-state index in [0.717, 1.165) is 11.0 Å². The third-order valence-electron chi connectivity index (χ3n) is 1.36. The third-order valence-corrected chi connectivity index (χ3v) is 1.36. The third kappa shape index (κ3) is 3.49. The van der Waals surface area contributed by atoms with E-state index in [0.29, 0.717) is 0 Å². The van der Waals surface area contributed by atoms with Gasteiger partial charge in [0, 0.05) is 5.39 Å².